The highest BCUT2D eigenvalue weighted by atomic mass is 19.4. The van der Waals surface area contributed by atoms with Gasteiger partial charge in [0, 0.05) is 37.7 Å². The zero-order valence-electron chi connectivity index (χ0n) is 17.7. The molecule has 4 rings (SSSR count). The van der Waals surface area contributed by atoms with Crippen molar-refractivity contribution in [1.82, 2.24) is 15.2 Å². The maximum atomic E-state index is 13.1. The fourth-order valence-corrected chi connectivity index (χ4v) is 3.89. The third-order valence-corrected chi connectivity index (χ3v) is 5.52. The van der Waals surface area contributed by atoms with Gasteiger partial charge in [-0.25, -0.2) is 4.98 Å². The van der Waals surface area contributed by atoms with E-state index < -0.39 is 11.7 Å². The predicted octanol–water partition coefficient (Wildman–Crippen LogP) is 4.95. The van der Waals surface area contributed by atoms with Crippen LogP contribution in [0.2, 0.25) is 0 Å². The number of alkyl halides is 3. The van der Waals surface area contributed by atoms with Crippen LogP contribution in [-0.4, -0.2) is 28.4 Å². The number of nitrogens with zero attached hydrogens (tertiary/aromatic N) is 2. The molecule has 0 aliphatic carbocycles. The number of oxazole rings is 1. The van der Waals surface area contributed by atoms with Crippen molar-refractivity contribution < 1.29 is 22.4 Å². The van der Waals surface area contributed by atoms with E-state index in [2.05, 4.69) is 15.2 Å². The van der Waals surface area contributed by atoms with E-state index in [1.165, 1.54) is 6.07 Å². The van der Waals surface area contributed by atoms with Crippen LogP contribution >= 0.6 is 0 Å². The van der Waals surface area contributed by atoms with E-state index in [9.17, 15) is 18.0 Å². The summed E-state index contributed by atoms with van der Waals surface area (Å²) in [7, 11) is 0. The second-order valence-corrected chi connectivity index (χ2v) is 8.06. The van der Waals surface area contributed by atoms with Crippen molar-refractivity contribution >= 4 is 5.91 Å². The molecular formula is C24H24F3N3O2. The molecule has 0 bridgehead atoms. The Morgan fingerprint density at radius 1 is 1.12 bits per heavy atom. The first kappa shape index (κ1) is 22.1. The van der Waals surface area contributed by atoms with E-state index in [4.69, 9.17) is 4.42 Å². The Morgan fingerprint density at radius 2 is 1.91 bits per heavy atom. The topological polar surface area (TPSA) is 58.4 Å². The minimum Gasteiger partial charge on any atom is -0.441 e. The number of nitrogens with one attached hydrogen (secondary N) is 1. The molecule has 0 saturated carbocycles. The van der Waals surface area contributed by atoms with Crippen molar-refractivity contribution in [1.29, 1.82) is 0 Å². The molecule has 0 unspecified atom stereocenters. The summed E-state index contributed by atoms with van der Waals surface area (Å²) in [6.45, 7) is 3.51. The summed E-state index contributed by atoms with van der Waals surface area (Å²) in [6, 6.07) is 15.0. The van der Waals surface area contributed by atoms with Gasteiger partial charge in [-0.05, 0) is 37.1 Å². The van der Waals surface area contributed by atoms with Crippen LogP contribution in [-0.2, 0) is 24.1 Å². The van der Waals surface area contributed by atoms with Crippen LogP contribution in [0.25, 0.3) is 11.5 Å². The number of carbonyl (C=O) groups is 1. The van der Waals surface area contributed by atoms with Crippen molar-refractivity contribution in [3.8, 4) is 11.5 Å². The van der Waals surface area contributed by atoms with Crippen LogP contribution < -0.4 is 5.32 Å². The third kappa shape index (κ3) is 5.37. The summed E-state index contributed by atoms with van der Waals surface area (Å²) in [4.78, 5) is 18.3. The van der Waals surface area contributed by atoms with Gasteiger partial charge in [0.2, 0.25) is 11.8 Å². The van der Waals surface area contributed by atoms with Gasteiger partial charge in [-0.2, -0.15) is 13.2 Å². The summed E-state index contributed by atoms with van der Waals surface area (Å²) < 4.78 is 45.0. The van der Waals surface area contributed by atoms with Gasteiger partial charge >= 0.3 is 6.18 Å². The number of amides is 1. The summed E-state index contributed by atoms with van der Waals surface area (Å²) in [5.41, 5.74) is 1.33. The first-order valence-electron chi connectivity index (χ1n) is 10.5. The summed E-state index contributed by atoms with van der Waals surface area (Å²) >= 11 is 0. The molecule has 2 aromatic carbocycles. The Hall–Kier alpha value is -3.13. The van der Waals surface area contributed by atoms with Gasteiger partial charge in [0.1, 0.15) is 5.76 Å². The van der Waals surface area contributed by atoms with Crippen LogP contribution in [0.1, 0.15) is 35.4 Å². The Labute approximate surface area is 184 Å². The molecule has 32 heavy (non-hydrogen) atoms. The van der Waals surface area contributed by atoms with Gasteiger partial charge < -0.3 is 9.73 Å². The molecular weight excluding hydrogens is 419 g/mol. The Morgan fingerprint density at radius 3 is 2.59 bits per heavy atom. The summed E-state index contributed by atoms with van der Waals surface area (Å²) in [5.74, 6) is 0.780. The molecule has 168 valence electrons. The number of carbonyl (C=O) groups excluding carboxylic acids is 1. The van der Waals surface area contributed by atoms with Gasteiger partial charge in [0.05, 0.1) is 11.3 Å². The first-order chi connectivity index (χ1) is 15.3. The smallest absolute Gasteiger partial charge is 0.416 e. The predicted molar refractivity (Wildman–Crippen MR) is 113 cm³/mol. The molecule has 1 fully saturated rings. The standard InChI is InChI=1S/C24H24F3N3O2/c1-16-21(29-23(32-16)18-8-5-9-19(12-18)24(25,26)27)15-30(13-17-6-3-2-4-7-17)14-20-10-11-22(31)28-20/h2-9,12,20H,10-11,13-15H2,1H3,(H,28,31)/t20-/m0/s1. The Balaban J connectivity index is 1.55. The lowest BCUT2D eigenvalue weighted by Gasteiger charge is -2.25. The maximum absolute atomic E-state index is 13.1. The average molecular weight is 443 g/mol. The molecule has 3 aromatic rings. The fourth-order valence-electron chi connectivity index (χ4n) is 3.89. The number of hydrogen-bond acceptors (Lipinski definition) is 4. The van der Waals surface area contributed by atoms with Gasteiger partial charge in [0.25, 0.3) is 0 Å². The van der Waals surface area contributed by atoms with Crippen LogP contribution in [0, 0.1) is 6.92 Å². The van der Waals surface area contributed by atoms with Gasteiger partial charge in [-0.1, -0.05) is 36.4 Å². The molecule has 5 nitrogen and oxygen atoms in total. The molecule has 0 radical (unpaired) electrons. The Kier molecular flexibility index (Phi) is 6.32. The molecule has 1 N–H and O–H groups in total. The van der Waals surface area contributed by atoms with E-state index in [-0.39, 0.29) is 23.4 Å². The van der Waals surface area contributed by atoms with Crippen LogP contribution in [0.5, 0.6) is 0 Å². The molecule has 1 saturated heterocycles. The first-order valence-corrected chi connectivity index (χ1v) is 10.5. The lowest BCUT2D eigenvalue weighted by molar-refractivity contribution is -0.137. The van der Waals surface area contributed by atoms with Crippen molar-refractivity contribution in [2.45, 2.75) is 45.1 Å². The molecule has 1 amide bonds. The SMILES string of the molecule is Cc1oc(-c2cccc(C(F)(F)F)c2)nc1CN(Cc1ccccc1)C[C@@H]1CCC(=O)N1. The molecule has 1 aliphatic heterocycles. The zero-order valence-corrected chi connectivity index (χ0v) is 17.7. The summed E-state index contributed by atoms with van der Waals surface area (Å²) in [6.07, 6.45) is -3.14. The molecule has 1 aliphatic rings. The van der Waals surface area contributed by atoms with Crippen molar-refractivity contribution in [2.24, 2.45) is 0 Å². The third-order valence-electron chi connectivity index (χ3n) is 5.52. The minimum absolute atomic E-state index is 0.0547. The molecule has 1 atom stereocenters. The normalized spacial score (nSPS) is 16.5. The lowest BCUT2D eigenvalue weighted by Crippen LogP contribution is -2.38. The van der Waals surface area contributed by atoms with Crippen LogP contribution in [0.15, 0.2) is 59.0 Å². The van der Waals surface area contributed by atoms with E-state index in [1.807, 2.05) is 30.3 Å². The van der Waals surface area contributed by atoms with Gasteiger partial charge in [-0.15, -0.1) is 0 Å². The second kappa shape index (κ2) is 9.16. The highest BCUT2D eigenvalue weighted by Gasteiger charge is 2.31. The van der Waals surface area contributed by atoms with Gasteiger partial charge in [0.15, 0.2) is 0 Å². The van der Waals surface area contributed by atoms with E-state index in [1.54, 1.807) is 13.0 Å². The zero-order chi connectivity index (χ0) is 22.7. The van der Waals surface area contributed by atoms with Crippen LogP contribution in [0.4, 0.5) is 13.2 Å². The number of benzene rings is 2. The number of rotatable bonds is 7. The quantitative estimate of drug-likeness (QED) is 0.561. The van der Waals surface area contributed by atoms with Crippen molar-refractivity contribution in [3.63, 3.8) is 0 Å². The van der Waals surface area contributed by atoms with Gasteiger partial charge in [-0.3, -0.25) is 9.69 Å². The minimum atomic E-state index is -4.43. The Bertz CT molecular complexity index is 1080. The highest BCUT2D eigenvalue weighted by molar-refractivity contribution is 5.78. The van der Waals surface area contributed by atoms with E-state index >= 15 is 0 Å². The highest BCUT2D eigenvalue weighted by Crippen LogP contribution is 2.32. The molecule has 1 aromatic heterocycles. The second-order valence-electron chi connectivity index (χ2n) is 8.06. The van der Waals surface area contributed by atoms with Crippen molar-refractivity contribution in [3.05, 3.63) is 77.2 Å². The number of aromatic nitrogens is 1. The van der Waals surface area contributed by atoms with E-state index in [0.717, 1.165) is 24.1 Å². The maximum Gasteiger partial charge on any atom is 0.416 e. The average Bonchev–Trinajstić information content (AvgIpc) is 3.33. The van der Waals surface area contributed by atoms with Crippen LogP contribution in [0.3, 0.4) is 0 Å². The molecule has 8 heteroatoms. The molecule has 0 spiro atoms. The fraction of sp³-hybridized carbons (Fsp3) is 0.333. The lowest BCUT2D eigenvalue weighted by atomic mass is 10.1. The number of hydrogen-bond donors (Lipinski definition) is 1. The molecule has 2 heterocycles. The van der Waals surface area contributed by atoms with E-state index in [0.29, 0.717) is 37.5 Å². The number of halogens is 3. The summed E-state index contributed by atoms with van der Waals surface area (Å²) in [5, 5.41) is 2.99. The number of aryl methyl sites for hydroxylation is 1. The van der Waals surface area contributed by atoms with Crippen molar-refractivity contribution in [2.75, 3.05) is 6.54 Å². The largest absolute Gasteiger partial charge is 0.441 e. The monoisotopic (exact) mass is 443 g/mol.